The summed E-state index contributed by atoms with van der Waals surface area (Å²) in [5, 5.41) is 8.07. The highest BCUT2D eigenvalue weighted by Crippen LogP contribution is 2.38. The molecule has 0 radical (unpaired) electrons. The van der Waals surface area contributed by atoms with Crippen LogP contribution in [0.3, 0.4) is 0 Å². The van der Waals surface area contributed by atoms with Gasteiger partial charge in [-0.2, -0.15) is 5.10 Å². The summed E-state index contributed by atoms with van der Waals surface area (Å²) in [6.45, 7) is 5.95. The maximum absolute atomic E-state index is 12.9. The van der Waals surface area contributed by atoms with Gasteiger partial charge in [0.1, 0.15) is 0 Å². The first-order valence-electron chi connectivity index (χ1n) is 11.1. The number of amides is 1. The number of nitrogens with one attached hydrogen (secondary N) is 1. The van der Waals surface area contributed by atoms with Crippen molar-refractivity contribution in [2.75, 3.05) is 5.32 Å². The first-order valence-corrected chi connectivity index (χ1v) is 11.9. The van der Waals surface area contributed by atoms with E-state index in [0.29, 0.717) is 18.0 Å². The van der Waals surface area contributed by atoms with E-state index < -0.39 is 0 Å². The number of aromatic nitrogens is 6. The molecule has 5 aromatic rings. The van der Waals surface area contributed by atoms with Gasteiger partial charge in [0, 0.05) is 48.9 Å². The Labute approximate surface area is 201 Å². The molecule has 1 aromatic carbocycles. The van der Waals surface area contributed by atoms with Gasteiger partial charge in [0.2, 0.25) is 5.91 Å². The Morgan fingerprint density at radius 2 is 1.91 bits per heavy atom. The number of carbonyl (C=O) groups excluding carboxylic acids is 1. The van der Waals surface area contributed by atoms with Crippen LogP contribution >= 0.6 is 11.3 Å². The lowest BCUT2D eigenvalue weighted by Gasteiger charge is -2.10. The molecule has 0 aliphatic heterocycles. The Morgan fingerprint density at radius 1 is 1.12 bits per heavy atom. The molecule has 1 N–H and O–H groups in total. The second-order valence-electron chi connectivity index (χ2n) is 8.29. The van der Waals surface area contributed by atoms with Gasteiger partial charge in [0.25, 0.3) is 0 Å². The molecule has 8 nitrogen and oxygen atoms in total. The lowest BCUT2D eigenvalue weighted by atomic mass is 10.1. The minimum atomic E-state index is -0.0877. The number of nitrogens with zero attached hydrogens (tertiary/aromatic N) is 6. The van der Waals surface area contributed by atoms with Crippen LogP contribution < -0.4 is 5.32 Å². The van der Waals surface area contributed by atoms with Crippen molar-refractivity contribution in [3.05, 3.63) is 71.4 Å². The molecule has 0 aliphatic carbocycles. The SMILES string of the molecule is Cc1cc2nc(C)c(CCC(=O)Nc3nc(-c4ccccc4)c(-c4nccn4C)s3)c(C)n2n1. The molecule has 0 aliphatic rings. The Kier molecular flexibility index (Phi) is 5.70. The first-order chi connectivity index (χ1) is 16.4. The van der Waals surface area contributed by atoms with E-state index in [9.17, 15) is 4.79 Å². The van der Waals surface area contributed by atoms with Crippen LogP contribution in [0.25, 0.3) is 27.6 Å². The number of hydrogen-bond acceptors (Lipinski definition) is 6. The van der Waals surface area contributed by atoms with Crippen LogP contribution in [0.2, 0.25) is 0 Å². The largest absolute Gasteiger partial charge is 0.333 e. The number of fused-ring (bicyclic) bond motifs is 1. The zero-order valence-electron chi connectivity index (χ0n) is 19.5. The fraction of sp³-hybridized carbons (Fsp3) is 0.240. The van der Waals surface area contributed by atoms with Gasteiger partial charge in [-0.05, 0) is 32.8 Å². The van der Waals surface area contributed by atoms with Crippen molar-refractivity contribution in [2.24, 2.45) is 7.05 Å². The van der Waals surface area contributed by atoms with E-state index in [-0.39, 0.29) is 5.91 Å². The minimum absolute atomic E-state index is 0.0877. The Balaban J connectivity index is 1.38. The van der Waals surface area contributed by atoms with Crippen LogP contribution in [-0.2, 0) is 18.3 Å². The maximum Gasteiger partial charge on any atom is 0.226 e. The molecule has 9 heteroatoms. The smallest absolute Gasteiger partial charge is 0.226 e. The van der Waals surface area contributed by atoms with Gasteiger partial charge < -0.3 is 9.88 Å². The van der Waals surface area contributed by atoms with Crippen LogP contribution in [0.4, 0.5) is 5.13 Å². The molecule has 5 rings (SSSR count). The highest BCUT2D eigenvalue weighted by Gasteiger charge is 2.19. The molecule has 0 saturated heterocycles. The van der Waals surface area contributed by atoms with Crippen molar-refractivity contribution in [2.45, 2.75) is 33.6 Å². The molecule has 0 bridgehead atoms. The van der Waals surface area contributed by atoms with E-state index in [4.69, 9.17) is 4.98 Å². The molecule has 0 atom stereocenters. The summed E-state index contributed by atoms with van der Waals surface area (Å²) in [5.41, 5.74) is 6.54. The monoisotopic (exact) mass is 471 g/mol. The topological polar surface area (TPSA) is 90.0 Å². The highest BCUT2D eigenvalue weighted by atomic mass is 32.1. The van der Waals surface area contributed by atoms with E-state index in [0.717, 1.165) is 50.3 Å². The number of imidazole rings is 1. The molecule has 1 amide bonds. The van der Waals surface area contributed by atoms with Gasteiger partial charge in [-0.15, -0.1) is 0 Å². The van der Waals surface area contributed by atoms with Gasteiger partial charge in [-0.25, -0.2) is 19.5 Å². The first kappa shape index (κ1) is 22.0. The molecule has 0 fully saturated rings. The molecule has 0 spiro atoms. The van der Waals surface area contributed by atoms with Crippen LogP contribution in [-0.4, -0.2) is 35.0 Å². The van der Waals surface area contributed by atoms with E-state index in [2.05, 4.69) is 20.4 Å². The van der Waals surface area contributed by atoms with E-state index in [1.165, 1.54) is 11.3 Å². The molecular weight excluding hydrogens is 446 g/mol. The van der Waals surface area contributed by atoms with Gasteiger partial charge in [0.15, 0.2) is 16.6 Å². The molecule has 0 saturated carbocycles. The van der Waals surface area contributed by atoms with Gasteiger partial charge >= 0.3 is 0 Å². The third-order valence-corrected chi connectivity index (χ3v) is 6.80. The van der Waals surface area contributed by atoms with Gasteiger partial charge in [-0.1, -0.05) is 41.7 Å². The number of thiazole rings is 1. The van der Waals surface area contributed by atoms with Crippen LogP contribution in [0.1, 0.15) is 29.1 Å². The summed E-state index contributed by atoms with van der Waals surface area (Å²) in [4.78, 5) is 27.7. The lowest BCUT2D eigenvalue weighted by molar-refractivity contribution is -0.116. The number of carbonyl (C=O) groups is 1. The zero-order chi connectivity index (χ0) is 23.8. The predicted molar refractivity (Wildman–Crippen MR) is 134 cm³/mol. The summed E-state index contributed by atoms with van der Waals surface area (Å²) in [7, 11) is 1.95. The van der Waals surface area contributed by atoms with Gasteiger partial charge in [-0.3, -0.25) is 4.79 Å². The predicted octanol–water partition coefficient (Wildman–Crippen LogP) is 4.75. The fourth-order valence-corrected chi connectivity index (χ4v) is 5.17. The van der Waals surface area contributed by atoms with Gasteiger partial charge in [0.05, 0.1) is 16.3 Å². The fourth-order valence-electron chi connectivity index (χ4n) is 4.12. The van der Waals surface area contributed by atoms with Crippen molar-refractivity contribution in [3.63, 3.8) is 0 Å². The summed E-state index contributed by atoms with van der Waals surface area (Å²) in [5.74, 6) is 0.729. The maximum atomic E-state index is 12.9. The van der Waals surface area contributed by atoms with Crippen molar-refractivity contribution in [3.8, 4) is 22.0 Å². The summed E-state index contributed by atoms with van der Waals surface area (Å²) in [6, 6.07) is 11.9. The zero-order valence-corrected chi connectivity index (χ0v) is 20.3. The normalized spacial score (nSPS) is 11.3. The Morgan fingerprint density at radius 3 is 2.65 bits per heavy atom. The minimum Gasteiger partial charge on any atom is -0.333 e. The number of aryl methyl sites for hydroxylation is 4. The van der Waals surface area contributed by atoms with E-state index in [1.807, 2.05) is 79.5 Å². The highest BCUT2D eigenvalue weighted by molar-refractivity contribution is 7.19. The molecule has 34 heavy (non-hydrogen) atoms. The van der Waals surface area contributed by atoms with Crippen molar-refractivity contribution < 1.29 is 4.79 Å². The molecule has 0 unspecified atom stereocenters. The standard InChI is InChI=1S/C25H25N7OS/c1-15-14-20-27-16(2)19(17(3)32(20)30-15)10-11-21(33)28-25-29-22(18-8-6-5-7-9-18)23(34-25)24-26-12-13-31(24)4/h5-9,12-14H,10-11H2,1-4H3,(H,28,29,33). The molecule has 172 valence electrons. The summed E-state index contributed by atoms with van der Waals surface area (Å²) < 4.78 is 3.80. The average molecular weight is 472 g/mol. The summed E-state index contributed by atoms with van der Waals surface area (Å²) >= 11 is 1.43. The second kappa shape index (κ2) is 8.83. The average Bonchev–Trinajstić information content (AvgIpc) is 3.52. The number of hydrogen-bond donors (Lipinski definition) is 1. The Hall–Kier alpha value is -3.85. The third kappa shape index (κ3) is 4.10. The number of rotatable bonds is 6. The van der Waals surface area contributed by atoms with Crippen molar-refractivity contribution in [1.82, 2.24) is 29.1 Å². The molecular formula is C25H25N7OS. The van der Waals surface area contributed by atoms with Crippen LogP contribution in [0, 0.1) is 20.8 Å². The number of benzene rings is 1. The number of anilines is 1. The van der Waals surface area contributed by atoms with E-state index >= 15 is 0 Å². The van der Waals surface area contributed by atoms with Crippen molar-refractivity contribution in [1.29, 1.82) is 0 Å². The van der Waals surface area contributed by atoms with Crippen molar-refractivity contribution >= 4 is 28.0 Å². The Bertz CT molecular complexity index is 1500. The quantitative estimate of drug-likeness (QED) is 0.386. The lowest BCUT2D eigenvalue weighted by Crippen LogP contribution is -2.14. The van der Waals surface area contributed by atoms with E-state index in [1.54, 1.807) is 6.20 Å². The summed E-state index contributed by atoms with van der Waals surface area (Å²) in [6.07, 6.45) is 4.57. The molecule has 4 aromatic heterocycles. The van der Waals surface area contributed by atoms with Crippen LogP contribution in [0.15, 0.2) is 48.8 Å². The second-order valence-corrected chi connectivity index (χ2v) is 9.29. The van der Waals surface area contributed by atoms with Crippen LogP contribution in [0.5, 0.6) is 0 Å². The molecule has 4 heterocycles. The third-order valence-electron chi connectivity index (χ3n) is 5.83.